The molecular weight excluding hydrogens is 196 g/mol. The minimum atomic E-state index is -0.326. The maximum Gasteiger partial charge on any atom is 0.306 e. The van der Waals surface area contributed by atoms with E-state index in [1.807, 2.05) is 13.8 Å². The van der Waals surface area contributed by atoms with Gasteiger partial charge < -0.3 is 14.3 Å². The van der Waals surface area contributed by atoms with Gasteiger partial charge in [0.2, 0.25) is 0 Å². The summed E-state index contributed by atoms with van der Waals surface area (Å²) in [5.74, 6) is -0.212. The van der Waals surface area contributed by atoms with Crippen LogP contribution < -0.4 is 0 Å². The summed E-state index contributed by atoms with van der Waals surface area (Å²) in [6, 6.07) is 0. The van der Waals surface area contributed by atoms with E-state index in [1.54, 1.807) is 6.61 Å². The summed E-state index contributed by atoms with van der Waals surface area (Å²) in [6.45, 7) is 6.95. The Kier molecular flexibility index (Phi) is 4.27. The summed E-state index contributed by atoms with van der Waals surface area (Å²) in [7, 11) is 0. The van der Waals surface area contributed by atoms with Crippen molar-refractivity contribution in [2.45, 2.75) is 45.8 Å². The fraction of sp³-hybridized carbons (Fsp3) is 0.727. The van der Waals surface area contributed by atoms with Crippen molar-refractivity contribution in [2.75, 3.05) is 0 Å². The van der Waals surface area contributed by atoms with Gasteiger partial charge in [-0.15, -0.1) is 0 Å². The van der Waals surface area contributed by atoms with Crippen LogP contribution in [-0.4, -0.2) is 24.0 Å². The third-order valence-electron chi connectivity index (χ3n) is 2.44. The Morgan fingerprint density at radius 3 is 2.47 bits per heavy atom. The number of esters is 1. The van der Waals surface area contributed by atoms with Crippen LogP contribution in [0.5, 0.6) is 0 Å². The zero-order valence-electron chi connectivity index (χ0n) is 9.36. The fourth-order valence-corrected chi connectivity index (χ4v) is 1.52. The van der Waals surface area contributed by atoms with Gasteiger partial charge in [-0.2, -0.15) is 0 Å². The summed E-state index contributed by atoms with van der Waals surface area (Å²) in [5, 5.41) is 0. The molecule has 0 bridgehead atoms. The monoisotopic (exact) mass is 213 g/mol. The van der Waals surface area contributed by atoms with Gasteiger partial charge in [0.1, 0.15) is 11.9 Å². The van der Waals surface area contributed by atoms with Crippen LogP contribution in [0.4, 0.5) is 0 Å². The van der Waals surface area contributed by atoms with Gasteiger partial charge in [0.25, 0.3) is 0 Å². The van der Waals surface area contributed by atoms with Crippen molar-refractivity contribution in [2.24, 2.45) is 5.92 Å². The summed E-state index contributed by atoms with van der Waals surface area (Å²) in [5.41, 5.74) is 0. The Hall–Kier alpha value is -0.900. The molecule has 0 aliphatic carbocycles. The fourth-order valence-electron chi connectivity index (χ4n) is 1.52. The van der Waals surface area contributed by atoms with Crippen LogP contribution in [0.2, 0.25) is 0 Å². The maximum atomic E-state index is 11.4. The highest BCUT2D eigenvalue weighted by Gasteiger charge is 2.34. The van der Waals surface area contributed by atoms with Crippen LogP contribution in [-0.2, 0) is 19.1 Å². The highest BCUT2D eigenvalue weighted by Crippen LogP contribution is 2.26. The van der Waals surface area contributed by atoms with Crippen molar-refractivity contribution in [3.05, 3.63) is 6.61 Å². The molecule has 1 saturated heterocycles. The van der Waals surface area contributed by atoms with Crippen molar-refractivity contribution in [1.82, 2.24) is 0 Å². The van der Waals surface area contributed by atoms with Crippen molar-refractivity contribution < 1.29 is 19.1 Å². The first-order valence-corrected chi connectivity index (χ1v) is 5.18. The molecule has 1 fully saturated rings. The topological polar surface area (TPSA) is 52.6 Å². The number of ketones is 1. The molecule has 1 radical (unpaired) electrons. The lowest BCUT2D eigenvalue weighted by atomic mass is 10.1. The molecule has 0 saturated carbocycles. The second-order valence-corrected chi connectivity index (χ2v) is 3.99. The third-order valence-corrected chi connectivity index (χ3v) is 2.44. The Labute approximate surface area is 89.9 Å². The van der Waals surface area contributed by atoms with Gasteiger partial charge in [0, 0.05) is 12.3 Å². The minimum absolute atomic E-state index is 0.00211. The van der Waals surface area contributed by atoms with Crippen LogP contribution in [0.25, 0.3) is 0 Å². The van der Waals surface area contributed by atoms with E-state index in [1.165, 1.54) is 6.92 Å². The van der Waals surface area contributed by atoms with E-state index in [0.29, 0.717) is 0 Å². The molecule has 4 heteroatoms. The van der Waals surface area contributed by atoms with Crippen LogP contribution >= 0.6 is 0 Å². The minimum Gasteiger partial charge on any atom is -0.459 e. The predicted molar refractivity (Wildman–Crippen MR) is 53.8 cm³/mol. The normalized spacial score (nSPS) is 30.2. The molecule has 85 valence electrons. The largest absolute Gasteiger partial charge is 0.459 e. The number of Topliss-reactive ketones (excluding diaryl/α,β-unsaturated/α-hetero) is 1. The highest BCUT2D eigenvalue weighted by atomic mass is 16.6. The van der Waals surface area contributed by atoms with Crippen LogP contribution in [0.3, 0.4) is 0 Å². The molecule has 1 aliphatic rings. The van der Waals surface area contributed by atoms with Gasteiger partial charge in [-0.25, -0.2) is 0 Å². The average molecular weight is 213 g/mol. The van der Waals surface area contributed by atoms with Crippen molar-refractivity contribution in [3.63, 3.8) is 0 Å². The molecule has 1 heterocycles. The Balaban J connectivity index is 2.33. The van der Waals surface area contributed by atoms with Crippen LogP contribution in [0.1, 0.15) is 33.6 Å². The molecule has 3 atom stereocenters. The van der Waals surface area contributed by atoms with Crippen LogP contribution in [0, 0.1) is 12.5 Å². The second-order valence-electron chi connectivity index (χ2n) is 3.99. The summed E-state index contributed by atoms with van der Waals surface area (Å²) >= 11 is 0. The molecule has 1 rings (SSSR count). The number of ether oxygens (including phenoxy) is 2. The first-order chi connectivity index (χ1) is 7.00. The number of hydrogen-bond acceptors (Lipinski definition) is 4. The smallest absolute Gasteiger partial charge is 0.306 e. The van der Waals surface area contributed by atoms with E-state index >= 15 is 0 Å². The SMILES string of the molecule is CC(=O)CCC(=O)OC1C(C)[CH]OC1C. The molecule has 0 amide bonds. The lowest BCUT2D eigenvalue weighted by molar-refractivity contribution is -0.153. The van der Waals surface area contributed by atoms with E-state index < -0.39 is 0 Å². The van der Waals surface area contributed by atoms with Gasteiger partial charge in [-0.05, 0) is 13.8 Å². The molecule has 1 aliphatic heterocycles. The molecule has 3 unspecified atom stereocenters. The first-order valence-electron chi connectivity index (χ1n) is 5.18. The predicted octanol–water partition coefficient (Wildman–Crippen LogP) is 1.48. The van der Waals surface area contributed by atoms with E-state index in [-0.39, 0.29) is 42.7 Å². The Bertz CT molecular complexity index is 239. The standard InChI is InChI=1S/C11H17O4/c1-7-6-14-9(3)11(7)15-10(13)5-4-8(2)12/h6-7,9,11H,4-5H2,1-3H3. The van der Waals surface area contributed by atoms with Crippen molar-refractivity contribution in [3.8, 4) is 0 Å². The quantitative estimate of drug-likeness (QED) is 0.664. The molecule has 15 heavy (non-hydrogen) atoms. The molecule has 0 aromatic rings. The molecule has 0 spiro atoms. The van der Waals surface area contributed by atoms with Gasteiger partial charge in [-0.3, -0.25) is 4.79 Å². The number of hydrogen-bond donors (Lipinski definition) is 0. The molecular formula is C11H17O4. The zero-order valence-corrected chi connectivity index (χ0v) is 9.36. The summed E-state index contributed by atoms with van der Waals surface area (Å²) in [4.78, 5) is 22.0. The van der Waals surface area contributed by atoms with Gasteiger partial charge in [-0.1, -0.05) is 6.92 Å². The molecule has 4 nitrogen and oxygen atoms in total. The third kappa shape index (κ3) is 3.63. The second kappa shape index (κ2) is 5.26. The van der Waals surface area contributed by atoms with Crippen molar-refractivity contribution >= 4 is 11.8 Å². The number of carbonyl (C=O) groups excluding carboxylic acids is 2. The zero-order chi connectivity index (χ0) is 11.4. The lowest BCUT2D eigenvalue weighted by Gasteiger charge is -2.18. The van der Waals surface area contributed by atoms with E-state index in [2.05, 4.69) is 0 Å². The maximum absolute atomic E-state index is 11.4. The van der Waals surface area contributed by atoms with Crippen molar-refractivity contribution in [1.29, 1.82) is 0 Å². The lowest BCUT2D eigenvalue weighted by Crippen LogP contribution is -2.29. The van der Waals surface area contributed by atoms with Gasteiger partial charge in [0.05, 0.1) is 19.1 Å². The highest BCUT2D eigenvalue weighted by molar-refractivity contribution is 5.81. The summed E-state index contributed by atoms with van der Waals surface area (Å²) in [6.07, 6.45) is 0.0928. The first kappa shape index (κ1) is 12.2. The van der Waals surface area contributed by atoms with Gasteiger partial charge >= 0.3 is 5.97 Å². The number of rotatable bonds is 4. The average Bonchev–Trinajstić information content (AvgIpc) is 2.46. The number of carbonyl (C=O) groups is 2. The van der Waals surface area contributed by atoms with E-state index in [4.69, 9.17) is 9.47 Å². The Morgan fingerprint density at radius 1 is 1.33 bits per heavy atom. The molecule has 0 aromatic carbocycles. The summed E-state index contributed by atoms with van der Waals surface area (Å²) < 4.78 is 10.5. The Morgan fingerprint density at radius 2 is 2.00 bits per heavy atom. The molecule has 0 aromatic heterocycles. The van der Waals surface area contributed by atoms with E-state index in [9.17, 15) is 9.59 Å². The van der Waals surface area contributed by atoms with E-state index in [0.717, 1.165) is 0 Å². The van der Waals surface area contributed by atoms with Crippen LogP contribution in [0.15, 0.2) is 0 Å². The van der Waals surface area contributed by atoms with Gasteiger partial charge in [0.15, 0.2) is 0 Å². The molecule has 0 N–H and O–H groups in total.